The molecule has 0 saturated carbocycles. The van der Waals surface area contributed by atoms with Crippen molar-refractivity contribution in [1.29, 1.82) is 0 Å². The number of H-pyrrole nitrogens is 1. The minimum Gasteiger partial charge on any atom is -0.396 e. The number of aryl methyl sites for hydroxylation is 1. The molecule has 0 bridgehead atoms. The second kappa shape index (κ2) is 3.83. The first-order valence-electron chi connectivity index (χ1n) is 4.98. The highest BCUT2D eigenvalue weighted by molar-refractivity contribution is 5.76. The lowest BCUT2D eigenvalue weighted by atomic mass is 10.1. The van der Waals surface area contributed by atoms with E-state index in [4.69, 9.17) is 5.11 Å². The first-order valence-corrected chi connectivity index (χ1v) is 4.98. The van der Waals surface area contributed by atoms with Crippen molar-refractivity contribution in [3.05, 3.63) is 29.6 Å². The van der Waals surface area contributed by atoms with Crippen LogP contribution < -0.4 is 0 Å². The van der Waals surface area contributed by atoms with E-state index in [1.807, 2.05) is 0 Å². The molecule has 86 valence electrons. The number of fused-ring (bicyclic) bond motifs is 1. The third-order valence-corrected chi connectivity index (χ3v) is 2.45. The zero-order chi connectivity index (χ0) is 11.8. The summed E-state index contributed by atoms with van der Waals surface area (Å²) in [5, 5.41) is 8.58. The molecule has 0 fully saturated rings. The van der Waals surface area contributed by atoms with Gasteiger partial charge in [-0.2, -0.15) is 0 Å². The quantitative estimate of drug-likeness (QED) is 0.843. The summed E-state index contributed by atoms with van der Waals surface area (Å²) >= 11 is 0. The van der Waals surface area contributed by atoms with Crippen molar-refractivity contribution in [2.24, 2.45) is 0 Å². The number of aromatic nitrogens is 2. The Kier molecular flexibility index (Phi) is 2.63. The zero-order valence-electron chi connectivity index (χ0n) is 8.80. The molecule has 2 rings (SSSR count). The number of imidazole rings is 1. The molecule has 1 aromatic heterocycles. The fraction of sp³-hybridized carbons (Fsp3) is 0.364. The number of aliphatic hydroxyl groups is 1. The summed E-state index contributed by atoms with van der Waals surface area (Å²) in [4.78, 5) is 7.04. The van der Waals surface area contributed by atoms with E-state index in [0.29, 0.717) is 16.9 Å². The highest BCUT2D eigenvalue weighted by Gasteiger charge is 2.30. The first-order chi connectivity index (χ1) is 7.53. The number of alkyl halides is 2. The van der Waals surface area contributed by atoms with Crippen LogP contribution in [-0.2, 0) is 5.92 Å². The number of rotatable bonds is 3. The minimum atomic E-state index is -3.00. The number of aromatic amines is 1. The van der Waals surface area contributed by atoms with Gasteiger partial charge in [-0.3, -0.25) is 0 Å². The van der Waals surface area contributed by atoms with Crippen LogP contribution in [-0.4, -0.2) is 21.7 Å². The highest BCUT2D eigenvalue weighted by atomic mass is 19.3. The van der Waals surface area contributed by atoms with E-state index in [9.17, 15) is 8.78 Å². The summed E-state index contributed by atoms with van der Waals surface area (Å²) in [6, 6.07) is 4.28. The van der Waals surface area contributed by atoms with E-state index >= 15 is 0 Å². The maximum atomic E-state index is 13.5. The second-order valence-electron chi connectivity index (χ2n) is 3.73. The topological polar surface area (TPSA) is 48.9 Å². The van der Waals surface area contributed by atoms with Gasteiger partial charge in [0.25, 0.3) is 5.92 Å². The van der Waals surface area contributed by atoms with Gasteiger partial charge >= 0.3 is 0 Å². The molecule has 0 spiro atoms. The second-order valence-corrected chi connectivity index (χ2v) is 3.73. The maximum absolute atomic E-state index is 13.5. The Morgan fingerprint density at radius 2 is 2.19 bits per heavy atom. The zero-order valence-corrected chi connectivity index (χ0v) is 8.80. The van der Waals surface area contributed by atoms with Gasteiger partial charge in [0.15, 0.2) is 0 Å². The molecule has 0 atom stereocenters. The molecule has 16 heavy (non-hydrogen) atoms. The van der Waals surface area contributed by atoms with E-state index in [2.05, 4.69) is 9.97 Å². The number of aliphatic hydroxyl groups excluding tert-OH is 1. The van der Waals surface area contributed by atoms with Crippen molar-refractivity contribution in [1.82, 2.24) is 9.97 Å². The van der Waals surface area contributed by atoms with Crippen LogP contribution in [0.4, 0.5) is 8.78 Å². The Morgan fingerprint density at radius 3 is 2.88 bits per heavy atom. The van der Waals surface area contributed by atoms with Gasteiger partial charge in [-0.1, -0.05) is 6.07 Å². The average molecular weight is 226 g/mol. The van der Waals surface area contributed by atoms with Gasteiger partial charge in [0, 0.05) is 18.6 Å². The largest absolute Gasteiger partial charge is 0.396 e. The van der Waals surface area contributed by atoms with Crippen molar-refractivity contribution >= 4 is 11.0 Å². The molecule has 1 aromatic carbocycles. The molecule has 2 N–H and O–H groups in total. The standard InChI is InChI=1S/C11H12F2N2O/c1-7-14-9-3-2-8(6-10(9)15-7)11(12,13)4-5-16/h2-3,6,16H,4-5H2,1H3,(H,14,15). The van der Waals surface area contributed by atoms with Gasteiger partial charge in [0.2, 0.25) is 0 Å². The van der Waals surface area contributed by atoms with Gasteiger partial charge < -0.3 is 10.1 Å². The molecule has 0 saturated heterocycles. The molecule has 0 aliphatic carbocycles. The van der Waals surface area contributed by atoms with Gasteiger partial charge in [0.05, 0.1) is 11.0 Å². The van der Waals surface area contributed by atoms with E-state index < -0.39 is 19.0 Å². The van der Waals surface area contributed by atoms with E-state index in [0.717, 1.165) is 0 Å². The molecule has 0 aliphatic heterocycles. The first kappa shape index (κ1) is 11.0. The van der Waals surface area contributed by atoms with Crippen LogP contribution in [0.1, 0.15) is 17.8 Å². The Morgan fingerprint density at radius 1 is 1.44 bits per heavy atom. The SMILES string of the molecule is Cc1nc2ccc(C(F)(F)CCO)cc2[nH]1. The molecule has 0 aliphatic rings. The van der Waals surface area contributed by atoms with Crippen LogP contribution in [0.5, 0.6) is 0 Å². The van der Waals surface area contributed by atoms with Crippen LogP contribution in [0.2, 0.25) is 0 Å². The monoisotopic (exact) mass is 226 g/mol. The van der Waals surface area contributed by atoms with Crippen molar-refractivity contribution in [2.75, 3.05) is 6.61 Å². The van der Waals surface area contributed by atoms with E-state index in [1.54, 1.807) is 13.0 Å². The molecule has 3 nitrogen and oxygen atoms in total. The molecule has 0 amide bonds. The smallest absolute Gasteiger partial charge is 0.275 e. The number of hydrogen-bond acceptors (Lipinski definition) is 2. The summed E-state index contributed by atoms with van der Waals surface area (Å²) in [5.41, 5.74) is 1.16. The summed E-state index contributed by atoms with van der Waals surface area (Å²) in [6.45, 7) is 1.23. The highest BCUT2D eigenvalue weighted by Crippen LogP contribution is 2.32. The number of hydrogen-bond donors (Lipinski definition) is 2. The van der Waals surface area contributed by atoms with Crippen LogP contribution in [0.15, 0.2) is 18.2 Å². The van der Waals surface area contributed by atoms with Crippen molar-refractivity contribution in [2.45, 2.75) is 19.3 Å². The average Bonchev–Trinajstić information content (AvgIpc) is 2.56. The number of benzene rings is 1. The fourth-order valence-corrected chi connectivity index (χ4v) is 1.65. The summed E-state index contributed by atoms with van der Waals surface area (Å²) in [5.74, 6) is -2.31. The molecule has 0 radical (unpaired) electrons. The lowest BCUT2D eigenvalue weighted by Crippen LogP contribution is -2.15. The van der Waals surface area contributed by atoms with Crippen LogP contribution >= 0.6 is 0 Å². The Bertz CT molecular complexity index is 508. The number of nitrogens with one attached hydrogen (secondary N) is 1. The van der Waals surface area contributed by atoms with Gasteiger partial charge in [-0.25, -0.2) is 13.8 Å². The summed E-state index contributed by atoms with van der Waals surface area (Å²) in [7, 11) is 0. The predicted octanol–water partition coefficient (Wildman–Crippen LogP) is 2.35. The third kappa shape index (κ3) is 1.90. The van der Waals surface area contributed by atoms with Crippen LogP contribution in [0.3, 0.4) is 0 Å². The van der Waals surface area contributed by atoms with Gasteiger partial charge in [0.1, 0.15) is 5.82 Å². The Balaban J connectivity index is 2.45. The molecule has 5 heteroatoms. The number of nitrogens with zero attached hydrogens (tertiary/aromatic N) is 1. The van der Waals surface area contributed by atoms with E-state index in [1.165, 1.54) is 12.1 Å². The summed E-state index contributed by atoms with van der Waals surface area (Å²) in [6.07, 6.45) is -0.564. The summed E-state index contributed by atoms with van der Waals surface area (Å²) < 4.78 is 27.0. The lowest BCUT2D eigenvalue weighted by Gasteiger charge is -2.14. The predicted molar refractivity (Wildman–Crippen MR) is 56.4 cm³/mol. The third-order valence-electron chi connectivity index (χ3n) is 2.45. The Hall–Kier alpha value is -1.49. The lowest BCUT2D eigenvalue weighted by molar-refractivity contribution is -0.0268. The molecular weight excluding hydrogens is 214 g/mol. The Labute approximate surface area is 91.1 Å². The van der Waals surface area contributed by atoms with Crippen LogP contribution in [0, 0.1) is 6.92 Å². The fourth-order valence-electron chi connectivity index (χ4n) is 1.65. The maximum Gasteiger partial charge on any atom is 0.275 e. The van der Waals surface area contributed by atoms with Crippen LogP contribution in [0.25, 0.3) is 11.0 Å². The molecule has 0 unspecified atom stereocenters. The number of halogens is 2. The normalized spacial score (nSPS) is 12.2. The van der Waals surface area contributed by atoms with Crippen molar-refractivity contribution in [3.8, 4) is 0 Å². The molecule has 1 heterocycles. The molecular formula is C11H12F2N2O. The van der Waals surface area contributed by atoms with E-state index in [-0.39, 0.29) is 5.56 Å². The molecule has 2 aromatic rings. The van der Waals surface area contributed by atoms with Gasteiger partial charge in [-0.15, -0.1) is 0 Å². The van der Waals surface area contributed by atoms with Crippen molar-refractivity contribution < 1.29 is 13.9 Å². The van der Waals surface area contributed by atoms with Gasteiger partial charge in [-0.05, 0) is 19.1 Å². The van der Waals surface area contributed by atoms with Crippen molar-refractivity contribution in [3.63, 3.8) is 0 Å². The minimum absolute atomic E-state index is 0.0994.